The van der Waals surface area contributed by atoms with Crippen LogP contribution < -0.4 is 15.5 Å². The minimum atomic E-state index is -0.568. The minimum Gasteiger partial charge on any atom is -0.376 e. The second-order valence-electron chi connectivity index (χ2n) is 8.07. The number of nitrogens with zero attached hydrogens (tertiary/aromatic N) is 5. The lowest BCUT2D eigenvalue weighted by Gasteiger charge is -2.21. The fourth-order valence-corrected chi connectivity index (χ4v) is 3.93. The number of benzene rings is 1. The van der Waals surface area contributed by atoms with Gasteiger partial charge in [0.2, 0.25) is 0 Å². The highest BCUT2D eigenvalue weighted by molar-refractivity contribution is 14.0. The molecule has 1 aromatic carbocycles. The van der Waals surface area contributed by atoms with Crippen LogP contribution in [0.15, 0.2) is 23.2 Å². The number of anilines is 1. The van der Waals surface area contributed by atoms with E-state index in [1.165, 1.54) is 12.1 Å². The van der Waals surface area contributed by atoms with Gasteiger partial charge in [0, 0.05) is 45.4 Å². The Hall–Kier alpha value is -2.02. The number of hydrogen-bond acceptors (Lipinski definition) is 5. The van der Waals surface area contributed by atoms with E-state index in [1.54, 1.807) is 0 Å². The predicted octanol–water partition coefficient (Wildman–Crippen LogP) is 2.51. The number of aliphatic imine (C=N–C) groups is 1. The molecule has 2 N–H and O–H groups in total. The first-order valence-corrected chi connectivity index (χ1v) is 10.7. The van der Waals surface area contributed by atoms with Crippen LogP contribution in [0.1, 0.15) is 30.9 Å². The van der Waals surface area contributed by atoms with E-state index in [2.05, 4.69) is 20.8 Å². The number of rotatable bonds is 6. The Balaban J connectivity index is 0.00000289. The van der Waals surface area contributed by atoms with Gasteiger partial charge in [0.25, 0.3) is 0 Å². The van der Waals surface area contributed by atoms with E-state index >= 15 is 0 Å². The molecule has 2 aliphatic rings. The summed E-state index contributed by atoms with van der Waals surface area (Å²) in [4.78, 5) is 6.62. The van der Waals surface area contributed by atoms with Gasteiger partial charge in [0.15, 0.2) is 11.8 Å². The number of guanidine groups is 1. The lowest BCUT2D eigenvalue weighted by Crippen LogP contribution is -2.46. The third-order valence-corrected chi connectivity index (χ3v) is 5.86. The summed E-state index contributed by atoms with van der Waals surface area (Å²) in [5, 5.41) is 15.1. The van der Waals surface area contributed by atoms with Crippen molar-refractivity contribution in [2.24, 2.45) is 12.0 Å². The molecule has 0 bridgehead atoms. The van der Waals surface area contributed by atoms with E-state index in [4.69, 9.17) is 9.73 Å². The SMILES string of the molecule is Cc1nnc(CN=C(NCC2CCCO2)NC2CCN(c3ccc(F)cc3F)C2)n1C.I. The molecule has 176 valence electrons. The zero-order valence-corrected chi connectivity index (χ0v) is 20.7. The maximum Gasteiger partial charge on any atom is 0.192 e. The summed E-state index contributed by atoms with van der Waals surface area (Å²) in [5.74, 6) is 1.17. The molecular weight excluding hydrogens is 531 g/mol. The lowest BCUT2D eigenvalue weighted by atomic mass is 10.2. The molecule has 2 unspecified atom stereocenters. The largest absolute Gasteiger partial charge is 0.376 e. The number of halogens is 3. The van der Waals surface area contributed by atoms with Crippen LogP contribution in [0.25, 0.3) is 0 Å². The Morgan fingerprint density at radius 3 is 2.81 bits per heavy atom. The van der Waals surface area contributed by atoms with Crippen molar-refractivity contribution >= 4 is 35.6 Å². The highest BCUT2D eigenvalue weighted by Crippen LogP contribution is 2.24. The van der Waals surface area contributed by atoms with Crippen molar-refractivity contribution in [3.05, 3.63) is 41.5 Å². The van der Waals surface area contributed by atoms with Crippen molar-refractivity contribution in [3.8, 4) is 0 Å². The van der Waals surface area contributed by atoms with Crippen molar-refractivity contribution < 1.29 is 13.5 Å². The topological polar surface area (TPSA) is 79.6 Å². The van der Waals surface area contributed by atoms with Crippen molar-refractivity contribution in [2.75, 3.05) is 31.1 Å². The number of ether oxygens (including phenoxy) is 1. The predicted molar refractivity (Wildman–Crippen MR) is 129 cm³/mol. The fraction of sp³-hybridized carbons (Fsp3) is 0.571. The molecule has 2 aromatic rings. The van der Waals surface area contributed by atoms with Gasteiger partial charge >= 0.3 is 0 Å². The van der Waals surface area contributed by atoms with E-state index in [9.17, 15) is 8.78 Å². The summed E-state index contributed by atoms with van der Waals surface area (Å²) in [7, 11) is 1.92. The van der Waals surface area contributed by atoms with Crippen molar-refractivity contribution in [1.82, 2.24) is 25.4 Å². The van der Waals surface area contributed by atoms with Gasteiger partial charge in [0.05, 0.1) is 11.8 Å². The fourth-order valence-electron chi connectivity index (χ4n) is 3.93. The Bertz CT molecular complexity index is 933. The van der Waals surface area contributed by atoms with Gasteiger partial charge < -0.3 is 24.8 Å². The van der Waals surface area contributed by atoms with Gasteiger partial charge in [-0.15, -0.1) is 34.2 Å². The normalized spacial score (nSPS) is 21.0. The average Bonchev–Trinajstić information content (AvgIpc) is 3.48. The van der Waals surface area contributed by atoms with E-state index in [1.807, 2.05) is 23.4 Å². The summed E-state index contributed by atoms with van der Waals surface area (Å²) < 4.78 is 35.0. The lowest BCUT2D eigenvalue weighted by molar-refractivity contribution is 0.113. The van der Waals surface area contributed by atoms with Crippen molar-refractivity contribution in [1.29, 1.82) is 0 Å². The smallest absolute Gasteiger partial charge is 0.192 e. The Labute approximate surface area is 203 Å². The molecule has 3 heterocycles. The summed E-state index contributed by atoms with van der Waals surface area (Å²) in [6.07, 6.45) is 3.10. The van der Waals surface area contributed by atoms with Gasteiger partial charge in [-0.2, -0.15) is 0 Å². The van der Waals surface area contributed by atoms with Crippen molar-refractivity contribution in [2.45, 2.75) is 44.9 Å². The summed E-state index contributed by atoms with van der Waals surface area (Å²) >= 11 is 0. The van der Waals surface area contributed by atoms with Crippen LogP contribution in [0.2, 0.25) is 0 Å². The highest BCUT2D eigenvalue weighted by atomic mass is 127. The molecule has 2 fully saturated rings. The number of hydrogen-bond donors (Lipinski definition) is 2. The zero-order valence-electron chi connectivity index (χ0n) is 18.4. The first kappa shape index (κ1) is 24.6. The molecule has 2 saturated heterocycles. The Morgan fingerprint density at radius 1 is 1.28 bits per heavy atom. The third-order valence-electron chi connectivity index (χ3n) is 5.86. The third kappa shape index (κ3) is 6.06. The molecule has 1 aromatic heterocycles. The van der Waals surface area contributed by atoms with E-state index in [0.29, 0.717) is 37.8 Å². The summed E-state index contributed by atoms with van der Waals surface area (Å²) in [6.45, 7) is 5.05. The number of aryl methyl sites for hydroxylation is 1. The van der Waals surface area contributed by atoms with E-state index in [-0.39, 0.29) is 36.1 Å². The van der Waals surface area contributed by atoms with Crippen LogP contribution in [0.4, 0.5) is 14.5 Å². The van der Waals surface area contributed by atoms with Gasteiger partial charge in [0.1, 0.15) is 24.0 Å². The standard InChI is InChI=1S/C21H29F2N7O.HI/c1-14-27-28-20(29(14)2)12-25-21(24-11-17-4-3-9-31-17)26-16-7-8-30(13-16)19-6-5-15(22)10-18(19)23;/h5-6,10,16-17H,3-4,7-9,11-13H2,1-2H3,(H2,24,25,26);1H. The van der Waals surface area contributed by atoms with E-state index in [0.717, 1.165) is 43.6 Å². The molecule has 0 amide bonds. The zero-order chi connectivity index (χ0) is 21.8. The van der Waals surface area contributed by atoms with Crippen LogP contribution >= 0.6 is 24.0 Å². The second kappa shape index (κ2) is 11.2. The first-order valence-electron chi connectivity index (χ1n) is 10.7. The molecule has 8 nitrogen and oxygen atoms in total. The Kier molecular flexibility index (Phi) is 8.63. The van der Waals surface area contributed by atoms with Gasteiger partial charge in [-0.05, 0) is 38.3 Å². The second-order valence-corrected chi connectivity index (χ2v) is 8.07. The van der Waals surface area contributed by atoms with Gasteiger partial charge in [-0.25, -0.2) is 13.8 Å². The van der Waals surface area contributed by atoms with Gasteiger partial charge in [-0.3, -0.25) is 0 Å². The molecule has 32 heavy (non-hydrogen) atoms. The van der Waals surface area contributed by atoms with Crippen LogP contribution in [0, 0.1) is 18.6 Å². The van der Waals surface area contributed by atoms with Gasteiger partial charge in [-0.1, -0.05) is 0 Å². The summed E-state index contributed by atoms with van der Waals surface area (Å²) in [6, 6.07) is 3.79. The molecule has 0 radical (unpaired) electrons. The molecule has 0 aliphatic carbocycles. The molecule has 2 aliphatic heterocycles. The van der Waals surface area contributed by atoms with Crippen LogP contribution in [0.5, 0.6) is 0 Å². The first-order chi connectivity index (χ1) is 15.0. The molecular formula is C21H30F2IN7O. The molecule has 4 rings (SSSR count). The quantitative estimate of drug-likeness (QED) is 0.321. The van der Waals surface area contributed by atoms with Crippen molar-refractivity contribution in [3.63, 3.8) is 0 Å². The number of nitrogens with one attached hydrogen (secondary N) is 2. The maximum atomic E-state index is 14.2. The van der Waals surface area contributed by atoms with Crippen LogP contribution in [-0.4, -0.2) is 59.1 Å². The highest BCUT2D eigenvalue weighted by Gasteiger charge is 2.26. The number of aromatic nitrogens is 3. The average molecular weight is 561 g/mol. The Morgan fingerprint density at radius 2 is 2.12 bits per heavy atom. The molecule has 11 heteroatoms. The molecule has 2 atom stereocenters. The summed E-state index contributed by atoms with van der Waals surface area (Å²) in [5.41, 5.74) is 0.422. The monoisotopic (exact) mass is 561 g/mol. The van der Waals surface area contributed by atoms with E-state index < -0.39 is 11.6 Å². The molecule has 0 spiro atoms. The molecule has 0 saturated carbocycles. The van der Waals surface area contributed by atoms with Crippen LogP contribution in [-0.2, 0) is 18.3 Å². The minimum absolute atomic E-state index is 0. The van der Waals surface area contributed by atoms with Crippen LogP contribution in [0.3, 0.4) is 0 Å². The maximum absolute atomic E-state index is 14.2.